The van der Waals surface area contributed by atoms with Gasteiger partial charge in [-0.1, -0.05) is 15.9 Å². The maximum absolute atomic E-state index is 12.7. The van der Waals surface area contributed by atoms with E-state index in [2.05, 4.69) is 15.9 Å². The number of benzene rings is 1. The maximum Gasteiger partial charge on any atom is 0.326 e. The van der Waals surface area contributed by atoms with Crippen LogP contribution < -0.4 is 4.74 Å². The summed E-state index contributed by atoms with van der Waals surface area (Å²) in [5, 5.41) is 9.34. The molecule has 0 saturated carbocycles. The normalized spacial score (nSPS) is 20.8. The van der Waals surface area contributed by atoms with E-state index in [0.717, 1.165) is 0 Å². The zero-order valence-corrected chi connectivity index (χ0v) is 14.9. The molecular formula is C16H20BrNO5. The fourth-order valence-corrected chi connectivity index (χ4v) is 3.09. The Morgan fingerprint density at radius 3 is 2.61 bits per heavy atom. The van der Waals surface area contributed by atoms with Gasteiger partial charge in [-0.3, -0.25) is 4.79 Å². The van der Waals surface area contributed by atoms with Crippen molar-refractivity contribution in [1.29, 1.82) is 0 Å². The Balaban J connectivity index is 2.28. The summed E-state index contributed by atoms with van der Waals surface area (Å²) in [5.74, 6) is -0.800. The molecule has 0 radical (unpaired) electrons. The first kappa shape index (κ1) is 17.7. The average molecular weight is 386 g/mol. The summed E-state index contributed by atoms with van der Waals surface area (Å²) < 4.78 is 11.5. The zero-order chi connectivity index (χ0) is 17.1. The molecule has 1 aliphatic heterocycles. The molecular weight excluding hydrogens is 366 g/mol. The molecule has 1 aromatic carbocycles. The number of methoxy groups -OCH3 is 1. The molecule has 0 bridgehead atoms. The van der Waals surface area contributed by atoms with Gasteiger partial charge in [-0.15, -0.1) is 0 Å². The van der Waals surface area contributed by atoms with Crippen LogP contribution in [0.5, 0.6) is 5.75 Å². The number of likely N-dealkylation sites (tertiary alicyclic amines) is 1. The lowest BCUT2D eigenvalue weighted by Gasteiger charge is -2.22. The van der Waals surface area contributed by atoms with E-state index in [1.165, 1.54) is 12.0 Å². The van der Waals surface area contributed by atoms with Crippen molar-refractivity contribution in [3.05, 3.63) is 28.2 Å². The SMILES string of the molecule is COC1CC(C(=O)O)N(C(=O)c2cc(Br)cc(OC(C)C)c2)C1. The Morgan fingerprint density at radius 2 is 2.04 bits per heavy atom. The number of ether oxygens (including phenoxy) is 2. The van der Waals surface area contributed by atoms with E-state index in [4.69, 9.17) is 9.47 Å². The fraction of sp³-hybridized carbons (Fsp3) is 0.500. The third-order valence-corrected chi connectivity index (χ3v) is 4.09. The van der Waals surface area contributed by atoms with Gasteiger partial charge in [0, 0.05) is 30.1 Å². The molecule has 7 heteroatoms. The van der Waals surface area contributed by atoms with E-state index < -0.39 is 12.0 Å². The summed E-state index contributed by atoms with van der Waals surface area (Å²) in [7, 11) is 1.52. The Labute approximate surface area is 143 Å². The minimum Gasteiger partial charge on any atom is -0.491 e. The molecule has 2 unspecified atom stereocenters. The van der Waals surface area contributed by atoms with Gasteiger partial charge in [0.15, 0.2) is 0 Å². The monoisotopic (exact) mass is 385 g/mol. The molecule has 1 saturated heterocycles. The van der Waals surface area contributed by atoms with Gasteiger partial charge < -0.3 is 19.5 Å². The van der Waals surface area contributed by atoms with Crippen LogP contribution in [0.15, 0.2) is 22.7 Å². The van der Waals surface area contributed by atoms with Crippen molar-refractivity contribution in [2.24, 2.45) is 0 Å². The average Bonchev–Trinajstić information content (AvgIpc) is 2.89. The van der Waals surface area contributed by atoms with E-state index in [-0.39, 0.29) is 24.7 Å². The van der Waals surface area contributed by atoms with Crippen LogP contribution in [0.2, 0.25) is 0 Å². The second-order valence-electron chi connectivity index (χ2n) is 5.75. The number of halogens is 1. The highest BCUT2D eigenvalue weighted by molar-refractivity contribution is 9.10. The van der Waals surface area contributed by atoms with Gasteiger partial charge in [0.1, 0.15) is 11.8 Å². The van der Waals surface area contributed by atoms with Crippen LogP contribution in [0, 0.1) is 0 Å². The summed E-state index contributed by atoms with van der Waals surface area (Å²) in [4.78, 5) is 25.5. The molecule has 126 valence electrons. The summed E-state index contributed by atoms with van der Waals surface area (Å²) in [6, 6.07) is 4.19. The molecule has 1 aromatic rings. The molecule has 2 rings (SSSR count). The number of carboxylic acids is 1. The van der Waals surface area contributed by atoms with Crippen LogP contribution in [0.1, 0.15) is 30.6 Å². The Hall–Kier alpha value is -1.60. The van der Waals surface area contributed by atoms with Gasteiger partial charge >= 0.3 is 5.97 Å². The quantitative estimate of drug-likeness (QED) is 0.842. The first-order valence-corrected chi connectivity index (χ1v) is 8.15. The summed E-state index contributed by atoms with van der Waals surface area (Å²) >= 11 is 3.36. The van der Waals surface area contributed by atoms with Crippen LogP contribution in [0.4, 0.5) is 0 Å². The standard InChI is InChI=1S/C16H20BrNO5/c1-9(2)23-12-5-10(4-11(17)6-12)15(19)18-8-13(22-3)7-14(18)16(20)21/h4-6,9,13-14H,7-8H2,1-3H3,(H,20,21). The second-order valence-corrected chi connectivity index (χ2v) is 6.66. The summed E-state index contributed by atoms with van der Waals surface area (Å²) in [6.07, 6.45) is 0.00302. The fourth-order valence-electron chi connectivity index (χ4n) is 2.62. The molecule has 0 spiro atoms. The summed E-state index contributed by atoms with van der Waals surface area (Å²) in [5.41, 5.74) is 0.387. The molecule has 1 fully saturated rings. The van der Waals surface area contributed by atoms with Crippen molar-refractivity contribution in [3.63, 3.8) is 0 Å². The first-order chi connectivity index (χ1) is 10.8. The number of amides is 1. The molecule has 0 aliphatic carbocycles. The zero-order valence-electron chi connectivity index (χ0n) is 13.3. The van der Waals surface area contributed by atoms with E-state index in [1.807, 2.05) is 13.8 Å². The van der Waals surface area contributed by atoms with Crippen molar-refractivity contribution in [2.75, 3.05) is 13.7 Å². The van der Waals surface area contributed by atoms with Crippen LogP contribution in [-0.4, -0.2) is 53.8 Å². The van der Waals surface area contributed by atoms with Gasteiger partial charge in [-0.25, -0.2) is 4.79 Å². The highest BCUT2D eigenvalue weighted by Gasteiger charge is 2.40. The number of carbonyl (C=O) groups excluding carboxylic acids is 1. The predicted octanol–water partition coefficient (Wildman–Crippen LogP) is 2.55. The number of aliphatic carboxylic acids is 1. The van der Waals surface area contributed by atoms with Gasteiger partial charge in [0.2, 0.25) is 0 Å². The Morgan fingerprint density at radius 1 is 1.35 bits per heavy atom. The van der Waals surface area contributed by atoms with E-state index in [9.17, 15) is 14.7 Å². The molecule has 2 atom stereocenters. The van der Waals surface area contributed by atoms with Crippen LogP contribution in [0.3, 0.4) is 0 Å². The van der Waals surface area contributed by atoms with Crippen molar-refractivity contribution >= 4 is 27.8 Å². The van der Waals surface area contributed by atoms with Crippen molar-refractivity contribution in [2.45, 2.75) is 38.5 Å². The number of hydrogen-bond donors (Lipinski definition) is 1. The topological polar surface area (TPSA) is 76.1 Å². The van der Waals surface area contributed by atoms with Gasteiger partial charge in [-0.2, -0.15) is 0 Å². The number of rotatable bonds is 5. The Bertz CT molecular complexity index is 604. The predicted molar refractivity (Wildman–Crippen MR) is 87.8 cm³/mol. The molecule has 6 nitrogen and oxygen atoms in total. The minimum absolute atomic E-state index is 0.0244. The molecule has 1 N–H and O–H groups in total. The van der Waals surface area contributed by atoms with Crippen molar-refractivity contribution in [1.82, 2.24) is 4.90 Å². The van der Waals surface area contributed by atoms with Crippen LogP contribution in [-0.2, 0) is 9.53 Å². The number of nitrogens with zero attached hydrogens (tertiary/aromatic N) is 1. The van der Waals surface area contributed by atoms with Gasteiger partial charge in [0.25, 0.3) is 5.91 Å². The summed E-state index contributed by atoms with van der Waals surface area (Å²) in [6.45, 7) is 4.05. The van der Waals surface area contributed by atoms with E-state index >= 15 is 0 Å². The maximum atomic E-state index is 12.7. The minimum atomic E-state index is -1.02. The second kappa shape index (κ2) is 7.31. The van der Waals surface area contributed by atoms with Crippen LogP contribution in [0.25, 0.3) is 0 Å². The third-order valence-electron chi connectivity index (χ3n) is 3.63. The lowest BCUT2D eigenvalue weighted by atomic mass is 10.1. The van der Waals surface area contributed by atoms with E-state index in [1.54, 1.807) is 18.2 Å². The smallest absolute Gasteiger partial charge is 0.326 e. The molecule has 1 aliphatic rings. The molecule has 23 heavy (non-hydrogen) atoms. The van der Waals surface area contributed by atoms with Crippen molar-refractivity contribution in [3.8, 4) is 5.75 Å². The highest BCUT2D eigenvalue weighted by atomic mass is 79.9. The Kier molecular flexibility index (Phi) is 5.64. The molecule has 1 heterocycles. The molecule has 0 aromatic heterocycles. The van der Waals surface area contributed by atoms with Gasteiger partial charge in [0.05, 0.1) is 12.2 Å². The van der Waals surface area contributed by atoms with Crippen molar-refractivity contribution < 1.29 is 24.2 Å². The number of carbonyl (C=O) groups is 2. The lowest BCUT2D eigenvalue weighted by Crippen LogP contribution is -2.40. The van der Waals surface area contributed by atoms with Gasteiger partial charge in [-0.05, 0) is 32.0 Å². The van der Waals surface area contributed by atoms with E-state index in [0.29, 0.717) is 22.2 Å². The number of carboxylic acid groups (broad SMARTS) is 1. The first-order valence-electron chi connectivity index (χ1n) is 7.35. The third kappa shape index (κ3) is 4.23. The lowest BCUT2D eigenvalue weighted by molar-refractivity contribution is -0.141. The molecule has 1 amide bonds. The van der Waals surface area contributed by atoms with Crippen LogP contribution >= 0.6 is 15.9 Å². The highest BCUT2D eigenvalue weighted by Crippen LogP contribution is 2.27. The number of hydrogen-bond acceptors (Lipinski definition) is 4. The largest absolute Gasteiger partial charge is 0.491 e.